The van der Waals surface area contributed by atoms with Crippen LogP contribution in [-0.2, 0) is 53.8 Å². The van der Waals surface area contributed by atoms with Crippen LogP contribution >= 0.6 is 0 Å². The first-order valence-corrected chi connectivity index (χ1v) is 25.1. The molecule has 0 atom stereocenters. The summed E-state index contributed by atoms with van der Waals surface area (Å²) >= 11 is 0. The molecule has 0 aliphatic heterocycles. The van der Waals surface area contributed by atoms with E-state index in [2.05, 4.69) is 212 Å². The van der Waals surface area contributed by atoms with Crippen molar-refractivity contribution in [3.8, 4) is 111 Å². The minimum absolute atomic E-state index is 0. The van der Waals surface area contributed by atoms with Crippen molar-refractivity contribution in [2.24, 2.45) is 0 Å². The number of hydrogen-bond donors (Lipinski definition) is 0. The predicted octanol–water partition coefficient (Wildman–Crippen LogP) is 17.6. The number of rotatable bonds is 5. The molecule has 0 spiro atoms. The fraction of sp³-hybridized carbons (Fsp3) is 0.0714. The van der Waals surface area contributed by atoms with Crippen molar-refractivity contribution in [3.63, 3.8) is 0 Å². The van der Waals surface area contributed by atoms with Crippen LogP contribution in [-0.4, -0.2) is 0 Å². The van der Waals surface area contributed by atoms with Gasteiger partial charge in [0, 0.05) is 21.7 Å². The van der Waals surface area contributed by atoms with Gasteiger partial charge in [0.25, 0.3) is 0 Å². The molecule has 0 saturated carbocycles. The molecule has 0 amide bonds. The predicted molar refractivity (Wildman–Crippen MR) is 290 cm³/mol. The van der Waals surface area contributed by atoms with Crippen LogP contribution in [0.15, 0.2) is 212 Å². The topological polar surface area (TPSA) is 0 Å². The average molecular weight is 934 g/mol. The average Bonchev–Trinajstić information content (AvgIpc) is 4.28. The van der Waals surface area contributed by atoms with Crippen LogP contribution in [0.1, 0.15) is 55.6 Å². The molecular formula is C70H45Ti-. The molecule has 0 bridgehead atoms. The molecule has 11 aromatic carbocycles. The second-order valence-electron chi connectivity index (χ2n) is 20.2. The third kappa shape index (κ3) is 5.81. The van der Waals surface area contributed by atoms with E-state index in [1.807, 2.05) is 0 Å². The van der Waals surface area contributed by atoms with E-state index in [9.17, 15) is 0 Å². The number of fused-ring (bicyclic) bond motifs is 15. The molecule has 5 aliphatic rings. The second-order valence-corrected chi connectivity index (χ2v) is 20.2. The second kappa shape index (κ2) is 15.6. The van der Waals surface area contributed by atoms with Crippen molar-refractivity contribution in [3.05, 3.63) is 268 Å². The van der Waals surface area contributed by atoms with Gasteiger partial charge in [0.15, 0.2) is 0 Å². The van der Waals surface area contributed by atoms with Gasteiger partial charge in [0.2, 0.25) is 0 Å². The fourth-order valence-corrected chi connectivity index (χ4v) is 13.9. The molecule has 0 heterocycles. The Balaban J connectivity index is 0.00000452. The first kappa shape index (κ1) is 41.1. The summed E-state index contributed by atoms with van der Waals surface area (Å²) in [4.78, 5) is 0. The largest absolute Gasteiger partial charge is 0.0995 e. The molecule has 0 radical (unpaired) electrons. The van der Waals surface area contributed by atoms with Crippen LogP contribution in [0.3, 0.4) is 0 Å². The van der Waals surface area contributed by atoms with Gasteiger partial charge in [0.05, 0.1) is 0 Å². The summed E-state index contributed by atoms with van der Waals surface area (Å²) in [5.74, 6) is 0. The number of benzene rings is 10. The van der Waals surface area contributed by atoms with Gasteiger partial charge in [0.1, 0.15) is 0 Å². The maximum atomic E-state index is 2.48. The van der Waals surface area contributed by atoms with Crippen LogP contribution in [0.25, 0.3) is 111 Å². The van der Waals surface area contributed by atoms with E-state index in [4.69, 9.17) is 0 Å². The SMILES string of the molecule is [Ti].c1ccc2c(c1)Cc1c-2cccc1-c1c(-c2cccc3c2Cc2ccccc2-3)c(-c2cccc3c2Cc2ccccc2-3)[c-](-c2cccc3c2Cc2ccccc2-3)c1-c1cccc2c1Cc1ccccc1-2. The van der Waals surface area contributed by atoms with Crippen molar-refractivity contribution in [1.82, 2.24) is 0 Å². The Kier molecular flexibility index (Phi) is 9.05. The fourth-order valence-electron chi connectivity index (χ4n) is 13.9. The van der Waals surface area contributed by atoms with Gasteiger partial charge in [-0.05, 0) is 138 Å². The third-order valence-electron chi connectivity index (χ3n) is 16.9. The molecule has 330 valence electrons. The van der Waals surface area contributed by atoms with Gasteiger partial charge in [-0.3, -0.25) is 0 Å². The molecule has 0 nitrogen and oxygen atoms in total. The molecule has 5 aliphatic carbocycles. The normalized spacial score (nSPS) is 13.2. The van der Waals surface area contributed by atoms with Crippen molar-refractivity contribution in [2.45, 2.75) is 32.1 Å². The molecule has 11 aromatic rings. The van der Waals surface area contributed by atoms with Gasteiger partial charge in [-0.15, -0.1) is 0 Å². The van der Waals surface area contributed by atoms with E-state index in [-0.39, 0.29) is 21.7 Å². The summed E-state index contributed by atoms with van der Waals surface area (Å²) < 4.78 is 0. The standard InChI is InChI=1S/C70H45.Ti/c1-6-21-46-41(16-1)36-61-51(46)26-11-31-56(61)66-67(57-32-12-27-52-47-22-7-2-17-42(47)37-62(52)57)69(59-34-14-29-54-49-24-9-4-19-44(49)39-64(54)59)70(60-35-15-30-55-50-25-10-5-20-45(50)40-65(55)60)68(66)58-33-13-28-53-48-23-8-3-18-43(48)38-63(53)58;/h1-35H,36-40H2;/q-1;. The molecule has 0 unspecified atom stereocenters. The summed E-state index contributed by atoms with van der Waals surface area (Å²) in [6.07, 6.45) is 4.51. The summed E-state index contributed by atoms with van der Waals surface area (Å²) in [7, 11) is 0. The van der Waals surface area contributed by atoms with E-state index in [1.165, 1.54) is 167 Å². The molecule has 1 heteroatoms. The van der Waals surface area contributed by atoms with Crippen molar-refractivity contribution >= 4 is 0 Å². The van der Waals surface area contributed by atoms with Crippen LogP contribution in [0, 0.1) is 0 Å². The van der Waals surface area contributed by atoms with E-state index < -0.39 is 0 Å². The van der Waals surface area contributed by atoms with E-state index >= 15 is 0 Å². The molecule has 0 saturated heterocycles. The van der Waals surface area contributed by atoms with Crippen molar-refractivity contribution < 1.29 is 21.7 Å². The van der Waals surface area contributed by atoms with Crippen LogP contribution < -0.4 is 0 Å². The Morgan fingerprint density at radius 2 is 0.451 bits per heavy atom. The zero-order valence-corrected chi connectivity index (χ0v) is 40.8. The molecule has 0 N–H and O–H groups in total. The first-order valence-electron chi connectivity index (χ1n) is 25.1. The Hall–Kier alpha value is -7.74. The van der Waals surface area contributed by atoms with Crippen LogP contribution in [0.4, 0.5) is 0 Å². The molecule has 0 aromatic heterocycles. The third-order valence-corrected chi connectivity index (χ3v) is 16.9. The van der Waals surface area contributed by atoms with Gasteiger partial charge >= 0.3 is 0 Å². The Bertz CT molecular complexity index is 3460. The van der Waals surface area contributed by atoms with Crippen molar-refractivity contribution in [1.29, 1.82) is 0 Å². The zero-order chi connectivity index (χ0) is 45.6. The maximum Gasteiger partial charge on any atom is 0 e. The van der Waals surface area contributed by atoms with Crippen LogP contribution in [0.2, 0.25) is 0 Å². The molecule has 0 fully saturated rings. The number of hydrogen-bond acceptors (Lipinski definition) is 0. The summed E-state index contributed by atoms with van der Waals surface area (Å²) in [5, 5.41) is 0. The van der Waals surface area contributed by atoms with Gasteiger partial charge < -0.3 is 0 Å². The van der Waals surface area contributed by atoms with Gasteiger partial charge in [-0.25, -0.2) is 0 Å². The molecule has 16 rings (SSSR count). The van der Waals surface area contributed by atoms with Gasteiger partial charge in [-0.1, -0.05) is 274 Å². The zero-order valence-electron chi connectivity index (χ0n) is 39.2. The Morgan fingerprint density at radius 1 is 0.211 bits per heavy atom. The minimum Gasteiger partial charge on any atom is -0.0995 e. The summed E-state index contributed by atoms with van der Waals surface area (Å²) in [5.41, 5.74) is 41.3. The van der Waals surface area contributed by atoms with Crippen LogP contribution in [0.5, 0.6) is 0 Å². The monoisotopic (exact) mass is 933 g/mol. The first-order chi connectivity index (χ1) is 34.7. The molecule has 71 heavy (non-hydrogen) atoms. The minimum atomic E-state index is 0. The van der Waals surface area contributed by atoms with E-state index in [1.54, 1.807) is 0 Å². The van der Waals surface area contributed by atoms with E-state index in [0.29, 0.717) is 0 Å². The van der Waals surface area contributed by atoms with Crippen molar-refractivity contribution in [2.75, 3.05) is 0 Å². The quantitative estimate of drug-likeness (QED) is 0.119. The maximum absolute atomic E-state index is 2.48. The summed E-state index contributed by atoms with van der Waals surface area (Å²) in [6, 6.07) is 81.7. The van der Waals surface area contributed by atoms with Gasteiger partial charge in [-0.2, -0.15) is 0 Å². The smallest absolute Gasteiger partial charge is 0 e. The molecular weight excluding hydrogens is 889 g/mol. The summed E-state index contributed by atoms with van der Waals surface area (Å²) in [6.45, 7) is 0. The Labute approximate surface area is 430 Å². The van der Waals surface area contributed by atoms with E-state index in [0.717, 1.165) is 32.1 Å². The Morgan fingerprint density at radius 3 is 0.803 bits per heavy atom.